The summed E-state index contributed by atoms with van der Waals surface area (Å²) in [6, 6.07) is 25.2. The molecule has 1 aliphatic carbocycles. The smallest absolute Gasteiger partial charge is 0.261 e. The van der Waals surface area contributed by atoms with E-state index in [-0.39, 0.29) is 24.5 Å². The molecule has 1 N–H and O–H groups in total. The fraction of sp³-hybridized carbons (Fsp3) is 0.375. The number of amides is 2. The molecule has 0 unspecified atom stereocenters. The lowest BCUT2D eigenvalue weighted by Gasteiger charge is -2.33. The van der Waals surface area contributed by atoms with Crippen LogP contribution in [0.25, 0.3) is 0 Å². The maximum atomic E-state index is 13.8. The number of benzene rings is 3. The SMILES string of the molecule is Cc1cccc(CN(C(=O)COc2cccc(C)c2)[C@H](Cc2ccccc2)C(=O)NC2CCCCC2)c1. The summed E-state index contributed by atoms with van der Waals surface area (Å²) in [4.78, 5) is 29.2. The van der Waals surface area contributed by atoms with Gasteiger partial charge in [0.2, 0.25) is 5.91 Å². The van der Waals surface area contributed by atoms with Gasteiger partial charge in [0.1, 0.15) is 11.8 Å². The van der Waals surface area contributed by atoms with Gasteiger partial charge in [-0.25, -0.2) is 0 Å². The predicted octanol–water partition coefficient (Wildman–Crippen LogP) is 5.77. The second kappa shape index (κ2) is 13.1. The summed E-state index contributed by atoms with van der Waals surface area (Å²) in [6.45, 7) is 4.24. The van der Waals surface area contributed by atoms with Crippen molar-refractivity contribution in [1.29, 1.82) is 0 Å². The van der Waals surface area contributed by atoms with E-state index in [1.807, 2.05) is 86.6 Å². The lowest BCUT2D eigenvalue weighted by molar-refractivity contribution is -0.143. The van der Waals surface area contributed by atoms with E-state index in [1.54, 1.807) is 4.90 Å². The van der Waals surface area contributed by atoms with Gasteiger partial charge in [-0.1, -0.05) is 91.6 Å². The average Bonchev–Trinajstić information content (AvgIpc) is 2.90. The number of ether oxygens (including phenoxy) is 1. The third-order valence-electron chi connectivity index (χ3n) is 7.01. The molecule has 0 aromatic heterocycles. The van der Waals surface area contributed by atoms with E-state index in [4.69, 9.17) is 4.74 Å². The minimum absolute atomic E-state index is 0.0905. The fourth-order valence-electron chi connectivity index (χ4n) is 5.04. The zero-order chi connectivity index (χ0) is 26.0. The first kappa shape index (κ1) is 26.5. The van der Waals surface area contributed by atoms with E-state index in [0.29, 0.717) is 18.7 Å². The molecule has 37 heavy (non-hydrogen) atoms. The zero-order valence-electron chi connectivity index (χ0n) is 22.0. The molecule has 1 aliphatic rings. The van der Waals surface area contributed by atoms with Crippen LogP contribution in [0.1, 0.15) is 54.4 Å². The van der Waals surface area contributed by atoms with Gasteiger partial charge < -0.3 is 15.0 Å². The van der Waals surface area contributed by atoms with Gasteiger partial charge in [-0.05, 0) is 55.5 Å². The molecule has 2 amide bonds. The molecule has 3 aromatic carbocycles. The summed E-state index contributed by atoms with van der Waals surface area (Å²) in [5.41, 5.74) is 4.20. The van der Waals surface area contributed by atoms with Crippen LogP contribution >= 0.6 is 0 Å². The van der Waals surface area contributed by atoms with Crippen LogP contribution in [0.2, 0.25) is 0 Å². The molecule has 5 nitrogen and oxygen atoms in total. The second-order valence-electron chi connectivity index (χ2n) is 10.2. The Morgan fingerprint density at radius 3 is 2.24 bits per heavy atom. The number of nitrogens with zero attached hydrogens (tertiary/aromatic N) is 1. The summed E-state index contributed by atoms with van der Waals surface area (Å²) in [7, 11) is 0. The second-order valence-corrected chi connectivity index (χ2v) is 10.2. The van der Waals surface area contributed by atoms with E-state index in [9.17, 15) is 9.59 Å². The summed E-state index contributed by atoms with van der Waals surface area (Å²) in [6.07, 6.45) is 5.91. The van der Waals surface area contributed by atoms with Crippen molar-refractivity contribution in [2.45, 2.75) is 71.0 Å². The molecule has 0 heterocycles. The van der Waals surface area contributed by atoms with Gasteiger partial charge >= 0.3 is 0 Å². The van der Waals surface area contributed by atoms with E-state index in [0.717, 1.165) is 47.9 Å². The van der Waals surface area contributed by atoms with Crippen LogP contribution in [0, 0.1) is 13.8 Å². The van der Waals surface area contributed by atoms with E-state index in [1.165, 1.54) is 6.42 Å². The zero-order valence-corrected chi connectivity index (χ0v) is 22.0. The van der Waals surface area contributed by atoms with Crippen LogP contribution in [0.3, 0.4) is 0 Å². The highest BCUT2D eigenvalue weighted by Crippen LogP contribution is 2.20. The number of rotatable bonds is 10. The highest BCUT2D eigenvalue weighted by molar-refractivity contribution is 5.88. The maximum absolute atomic E-state index is 13.8. The normalized spacial score (nSPS) is 14.5. The van der Waals surface area contributed by atoms with E-state index in [2.05, 4.69) is 11.4 Å². The Bertz CT molecular complexity index is 1170. The quantitative estimate of drug-likeness (QED) is 0.386. The van der Waals surface area contributed by atoms with Crippen molar-refractivity contribution in [3.05, 3.63) is 101 Å². The van der Waals surface area contributed by atoms with Crippen molar-refractivity contribution < 1.29 is 14.3 Å². The summed E-state index contributed by atoms with van der Waals surface area (Å²) < 4.78 is 5.90. The molecule has 4 rings (SSSR count). The Kier molecular flexibility index (Phi) is 9.36. The number of hydrogen-bond acceptors (Lipinski definition) is 3. The van der Waals surface area contributed by atoms with Crippen molar-refractivity contribution in [1.82, 2.24) is 10.2 Å². The molecule has 0 saturated heterocycles. The minimum atomic E-state index is -0.640. The molecule has 0 bridgehead atoms. The summed E-state index contributed by atoms with van der Waals surface area (Å²) in [5, 5.41) is 3.28. The van der Waals surface area contributed by atoms with Crippen molar-refractivity contribution >= 4 is 11.8 Å². The molecule has 0 aliphatic heterocycles. The first-order valence-electron chi connectivity index (χ1n) is 13.4. The maximum Gasteiger partial charge on any atom is 0.261 e. The minimum Gasteiger partial charge on any atom is -0.484 e. The molecule has 1 saturated carbocycles. The van der Waals surface area contributed by atoms with E-state index >= 15 is 0 Å². The monoisotopic (exact) mass is 498 g/mol. The van der Waals surface area contributed by atoms with Crippen LogP contribution in [-0.2, 0) is 22.6 Å². The lowest BCUT2D eigenvalue weighted by atomic mass is 9.94. The molecular formula is C32H38N2O3. The molecule has 1 atom stereocenters. The van der Waals surface area contributed by atoms with Gasteiger partial charge in [0, 0.05) is 19.0 Å². The van der Waals surface area contributed by atoms with Gasteiger partial charge in [-0.2, -0.15) is 0 Å². The number of hydrogen-bond donors (Lipinski definition) is 1. The van der Waals surface area contributed by atoms with Crippen LogP contribution in [0.15, 0.2) is 78.9 Å². The third kappa shape index (κ3) is 7.94. The molecule has 0 radical (unpaired) electrons. The Balaban J connectivity index is 1.61. The standard InChI is InChI=1S/C32H38N2O3/c1-24-11-9-15-27(19-24)22-34(31(35)23-37-29-18-10-12-25(2)20-29)30(21-26-13-5-3-6-14-26)32(36)33-28-16-7-4-8-17-28/h3,5-6,9-15,18-20,28,30H,4,7-8,16-17,21-23H2,1-2H3,(H,33,36)/t30-/m1/s1. The molecule has 5 heteroatoms. The lowest BCUT2D eigenvalue weighted by Crippen LogP contribution is -2.53. The van der Waals surface area contributed by atoms with Crippen molar-refractivity contribution in [2.24, 2.45) is 0 Å². The Hall–Kier alpha value is -3.60. The predicted molar refractivity (Wildman–Crippen MR) is 147 cm³/mol. The van der Waals surface area contributed by atoms with Crippen LogP contribution < -0.4 is 10.1 Å². The topological polar surface area (TPSA) is 58.6 Å². The Morgan fingerprint density at radius 1 is 0.865 bits per heavy atom. The highest BCUT2D eigenvalue weighted by atomic mass is 16.5. The van der Waals surface area contributed by atoms with E-state index < -0.39 is 6.04 Å². The number of carbonyl (C=O) groups excluding carboxylic acids is 2. The fourth-order valence-corrected chi connectivity index (χ4v) is 5.04. The summed E-state index contributed by atoms with van der Waals surface area (Å²) >= 11 is 0. The number of aryl methyl sites for hydroxylation is 2. The average molecular weight is 499 g/mol. The van der Waals surface area contributed by atoms with Crippen LogP contribution in [0.4, 0.5) is 0 Å². The number of nitrogens with one attached hydrogen (secondary N) is 1. The van der Waals surface area contributed by atoms with Gasteiger partial charge in [0.15, 0.2) is 6.61 Å². The third-order valence-corrected chi connectivity index (χ3v) is 7.01. The Labute approximate surface area is 220 Å². The van der Waals surface area contributed by atoms with Crippen LogP contribution in [0.5, 0.6) is 5.75 Å². The van der Waals surface area contributed by atoms with Crippen molar-refractivity contribution in [3.63, 3.8) is 0 Å². The molecule has 194 valence electrons. The Morgan fingerprint density at radius 2 is 1.54 bits per heavy atom. The molecule has 0 spiro atoms. The first-order valence-corrected chi connectivity index (χ1v) is 13.4. The van der Waals surface area contributed by atoms with Crippen molar-refractivity contribution in [2.75, 3.05) is 6.61 Å². The van der Waals surface area contributed by atoms with Crippen LogP contribution in [-0.4, -0.2) is 35.4 Å². The number of carbonyl (C=O) groups is 2. The molecule has 3 aromatic rings. The van der Waals surface area contributed by atoms with Gasteiger partial charge in [0.25, 0.3) is 5.91 Å². The molecular weight excluding hydrogens is 460 g/mol. The van der Waals surface area contributed by atoms with Gasteiger partial charge in [0.05, 0.1) is 0 Å². The summed E-state index contributed by atoms with van der Waals surface area (Å²) in [5.74, 6) is 0.352. The van der Waals surface area contributed by atoms with Gasteiger partial charge in [-0.3, -0.25) is 9.59 Å². The van der Waals surface area contributed by atoms with Gasteiger partial charge in [-0.15, -0.1) is 0 Å². The largest absolute Gasteiger partial charge is 0.484 e. The highest BCUT2D eigenvalue weighted by Gasteiger charge is 2.32. The van der Waals surface area contributed by atoms with Crippen molar-refractivity contribution in [3.8, 4) is 5.75 Å². The first-order chi connectivity index (χ1) is 18.0. The molecule has 1 fully saturated rings.